The number of hydrogen-bond donors (Lipinski definition) is 1. The van der Waals surface area contributed by atoms with Crippen LogP contribution in [0.3, 0.4) is 0 Å². The third-order valence-electron chi connectivity index (χ3n) is 3.05. The summed E-state index contributed by atoms with van der Waals surface area (Å²) in [5, 5.41) is 2.86. The summed E-state index contributed by atoms with van der Waals surface area (Å²) >= 11 is 3.48. The van der Waals surface area contributed by atoms with Gasteiger partial charge in [-0.2, -0.15) is 0 Å². The predicted octanol–water partition coefficient (Wildman–Crippen LogP) is 2.91. The second kappa shape index (κ2) is 5.09. The molecule has 1 aliphatic rings. The van der Waals surface area contributed by atoms with Crippen molar-refractivity contribution >= 4 is 21.8 Å². The van der Waals surface area contributed by atoms with Crippen LogP contribution >= 0.6 is 15.9 Å². The van der Waals surface area contributed by atoms with E-state index in [1.54, 1.807) is 6.07 Å². The van der Waals surface area contributed by atoms with Gasteiger partial charge >= 0.3 is 0 Å². The first-order chi connectivity index (χ1) is 9.24. The van der Waals surface area contributed by atoms with Crippen LogP contribution in [-0.2, 0) is 13.0 Å². The number of halogens is 1. The van der Waals surface area contributed by atoms with Gasteiger partial charge in [0.2, 0.25) is 0 Å². The minimum Gasteiger partial charge on any atom is -0.493 e. The molecule has 3 rings (SSSR count). The molecule has 0 unspecified atom stereocenters. The van der Waals surface area contributed by atoms with E-state index >= 15 is 0 Å². The largest absolute Gasteiger partial charge is 0.493 e. The Hall–Kier alpha value is -1.75. The van der Waals surface area contributed by atoms with Gasteiger partial charge in [0.25, 0.3) is 5.91 Å². The van der Waals surface area contributed by atoms with E-state index in [0.29, 0.717) is 18.7 Å². The molecular formula is C14H12BrNO3. The number of furan rings is 1. The zero-order valence-corrected chi connectivity index (χ0v) is 11.7. The Balaban J connectivity index is 1.76. The van der Waals surface area contributed by atoms with E-state index in [9.17, 15) is 4.79 Å². The van der Waals surface area contributed by atoms with Gasteiger partial charge in [-0.3, -0.25) is 4.79 Å². The van der Waals surface area contributed by atoms with E-state index in [1.807, 2.05) is 6.07 Å². The van der Waals surface area contributed by atoms with Crippen molar-refractivity contribution < 1.29 is 13.9 Å². The van der Waals surface area contributed by atoms with Crippen LogP contribution in [-0.4, -0.2) is 12.5 Å². The van der Waals surface area contributed by atoms with Gasteiger partial charge in [-0.25, -0.2) is 0 Å². The van der Waals surface area contributed by atoms with Crippen molar-refractivity contribution in [1.29, 1.82) is 0 Å². The molecule has 1 N–H and O–H groups in total. The summed E-state index contributed by atoms with van der Waals surface area (Å²) in [6.07, 6.45) is 3.82. The highest BCUT2D eigenvalue weighted by atomic mass is 79.9. The van der Waals surface area contributed by atoms with Crippen LogP contribution in [0.2, 0.25) is 0 Å². The number of carbonyl (C=O) groups excluding carboxylic acids is 1. The molecule has 0 saturated carbocycles. The Morgan fingerprint density at radius 1 is 1.42 bits per heavy atom. The standard InChI is InChI=1S/C14H12BrNO3/c15-12-5-9-2-4-19-13(9)11(6-12)7-16-14(17)10-1-3-18-8-10/h1,3,5-6,8H,2,4,7H2,(H,16,17). The lowest BCUT2D eigenvalue weighted by molar-refractivity contribution is 0.0950. The van der Waals surface area contributed by atoms with Gasteiger partial charge in [-0.05, 0) is 23.8 Å². The monoisotopic (exact) mass is 321 g/mol. The smallest absolute Gasteiger partial charge is 0.254 e. The predicted molar refractivity (Wildman–Crippen MR) is 73.2 cm³/mol. The number of nitrogens with one attached hydrogen (secondary N) is 1. The minimum absolute atomic E-state index is 0.152. The SMILES string of the molecule is O=C(NCc1cc(Br)cc2c1OCC2)c1ccoc1. The minimum atomic E-state index is -0.152. The Bertz CT molecular complexity index is 607. The molecule has 0 fully saturated rings. The number of amides is 1. The topological polar surface area (TPSA) is 51.5 Å². The summed E-state index contributed by atoms with van der Waals surface area (Å²) in [4.78, 5) is 11.8. The van der Waals surface area contributed by atoms with Gasteiger partial charge in [-0.15, -0.1) is 0 Å². The molecule has 0 saturated heterocycles. The van der Waals surface area contributed by atoms with Gasteiger partial charge < -0.3 is 14.5 Å². The van der Waals surface area contributed by atoms with E-state index < -0.39 is 0 Å². The molecule has 0 radical (unpaired) electrons. The maximum absolute atomic E-state index is 11.8. The highest BCUT2D eigenvalue weighted by Gasteiger charge is 2.18. The number of fused-ring (bicyclic) bond motifs is 1. The van der Waals surface area contributed by atoms with Crippen LogP contribution in [0.5, 0.6) is 5.75 Å². The average molecular weight is 322 g/mol. The molecule has 1 aliphatic heterocycles. The normalized spacial score (nSPS) is 12.9. The number of benzene rings is 1. The van der Waals surface area contributed by atoms with Crippen molar-refractivity contribution in [2.45, 2.75) is 13.0 Å². The van der Waals surface area contributed by atoms with Crippen LogP contribution in [0, 0.1) is 0 Å². The fraction of sp³-hybridized carbons (Fsp3) is 0.214. The Labute approximate surface area is 118 Å². The van der Waals surface area contributed by atoms with Crippen LogP contribution in [0.15, 0.2) is 39.6 Å². The van der Waals surface area contributed by atoms with Gasteiger partial charge in [0.1, 0.15) is 12.0 Å². The molecule has 98 valence electrons. The van der Waals surface area contributed by atoms with Crippen molar-refractivity contribution in [2.75, 3.05) is 6.61 Å². The summed E-state index contributed by atoms with van der Waals surface area (Å²) in [7, 11) is 0. The lowest BCUT2D eigenvalue weighted by Crippen LogP contribution is -2.22. The molecule has 0 bridgehead atoms. The van der Waals surface area contributed by atoms with Crippen molar-refractivity contribution in [2.24, 2.45) is 0 Å². The molecule has 4 nitrogen and oxygen atoms in total. The Morgan fingerprint density at radius 2 is 2.32 bits per heavy atom. The second-order valence-corrected chi connectivity index (χ2v) is 5.26. The van der Waals surface area contributed by atoms with Crippen molar-refractivity contribution in [3.8, 4) is 5.75 Å². The highest BCUT2D eigenvalue weighted by Crippen LogP contribution is 2.32. The third kappa shape index (κ3) is 2.51. The molecule has 0 atom stereocenters. The van der Waals surface area contributed by atoms with Crippen molar-refractivity contribution in [3.63, 3.8) is 0 Å². The van der Waals surface area contributed by atoms with Crippen LogP contribution in [0.1, 0.15) is 21.5 Å². The van der Waals surface area contributed by atoms with Crippen LogP contribution in [0.4, 0.5) is 0 Å². The highest BCUT2D eigenvalue weighted by molar-refractivity contribution is 9.10. The first-order valence-corrected chi connectivity index (χ1v) is 6.78. The van der Waals surface area contributed by atoms with E-state index in [4.69, 9.17) is 9.15 Å². The van der Waals surface area contributed by atoms with E-state index in [-0.39, 0.29) is 5.91 Å². The molecule has 5 heteroatoms. The van der Waals surface area contributed by atoms with Gasteiger partial charge in [-0.1, -0.05) is 15.9 Å². The van der Waals surface area contributed by atoms with E-state index in [0.717, 1.165) is 22.2 Å². The van der Waals surface area contributed by atoms with Crippen molar-refractivity contribution in [1.82, 2.24) is 5.32 Å². The van der Waals surface area contributed by atoms with Crippen LogP contribution < -0.4 is 10.1 Å². The fourth-order valence-corrected chi connectivity index (χ4v) is 2.70. The number of carbonyl (C=O) groups is 1. The maximum Gasteiger partial charge on any atom is 0.254 e. The van der Waals surface area contributed by atoms with Crippen LogP contribution in [0.25, 0.3) is 0 Å². The molecule has 19 heavy (non-hydrogen) atoms. The molecule has 0 aliphatic carbocycles. The third-order valence-corrected chi connectivity index (χ3v) is 3.51. The zero-order chi connectivity index (χ0) is 13.2. The fourth-order valence-electron chi connectivity index (χ4n) is 2.15. The first kappa shape index (κ1) is 12.3. The van der Waals surface area contributed by atoms with E-state index in [2.05, 4.69) is 27.3 Å². The molecule has 2 aromatic rings. The Kier molecular flexibility index (Phi) is 3.29. The summed E-state index contributed by atoms with van der Waals surface area (Å²) in [6, 6.07) is 5.67. The molecule has 2 heterocycles. The molecule has 1 amide bonds. The summed E-state index contributed by atoms with van der Waals surface area (Å²) < 4.78 is 11.5. The maximum atomic E-state index is 11.8. The molecule has 1 aromatic carbocycles. The van der Waals surface area contributed by atoms with Gasteiger partial charge in [0, 0.05) is 23.0 Å². The lowest BCUT2D eigenvalue weighted by atomic mass is 10.1. The zero-order valence-electron chi connectivity index (χ0n) is 10.1. The molecule has 0 spiro atoms. The molecule has 1 aromatic heterocycles. The molecular weight excluding hydrogens is 310 g/mol. The van der Waals surface area contributed by atoms with Crippen molar-refractivity contribution in [3.05, 3.63) is 51.9 Å². The lowest BCUT2D eigenvalue weighted by Gasteiger charge is -2.10. The Morgan fingerprint density at radius 3 is 3.11 bits per heavy atom. The summed E-state index contributed by atoms with van der Waals surface area (Å²) in [5.41, 5.74) is 2.69. The number of rotatable bonds is 3. The summed E-state index contributed by atoms with van der Waals surface area (Å²) in [5.74, 6) is 0.746. The van der Waals surface area contributed by atoms with Gasteiger partial charge in [0.05, 0.1) is 18.4 Å². The van der Waals surface area contributed by atoms with Gasteiger partial charge in [0.15, 0.2) is 0 Å². The number of hydrogen-bond acceptors (Lipinski definition) is 3. The number of ether oxygens (including phenoxy) is 1. The average Bonchev–Trinajstić information content (AvgIpc) is 3.05. The summed E-state index contributed by atoms with van der Waals surface area (Å²) in [6.45, 7) is 1.14. The van der Waals surface area contributed by atoms with E-state index in [1.165, 1.54) is 18.1 Å². The second-order valence-electron chi connectivity index (χ2n) is 4.35. The first-order valence-electron chi connectivity index (χ1n) is 5.98. The quantitative estimate of drug-likeness (QED) is 0.945.